The number of hydrogen-bond donors (Lipinski definition) is 1. The van der Waals surface area contributed by atoms with Crippen molar-refractivity contribution in [1.29, 1.82) is 0 Å². The summed E-state index contributed by atoms with van der Waals surface area (Å²) >= 11 is 0. The summed E-state index contributed by atoms with van der Waals surface area (Å²) in [7, 11) is 1.37. The first-order chi connectivity index (χ1) is 13.3. The highest BCUT2D eigenvalue weighted by Crippen LogP contribution is 2.27. The van der Waals surface area contributed by atoms with Crippen molar-refractivity contribution in [2.75, 3.05) is 19.0 Å². The Hall–Kier alpha value is -3.49. The second-order valence-corrected chi connectivity index (χ2v) is 5.56. The highest BCUT2D eigenvalue weighted by Gasteiger charge is 2.20. The van der Waals surface area contributed by atoms with Crippen LogP contribution >= 0.6 is 0 Å². The fourth-order valence-corrected chi connectivity index (χ4v) is 2.12. The van der Waals surface area contributed by atoms with Crippen LogP contribution in [0.4, 0.5) is 14.5 Å². The van der Waals surface area contributed by atoms with Crippen LogP contribution in [0.1, 0.15) is 17.3 Å². The van der Waals surface area contributed by atoms with Crippen molar-refractivity contribution in [3.8, 4) is 11.5 Å². The monoisotopic (exact) mass is 393 g/mol. The molecule has 148 valence electrons. The molecule has 0 heterocycles. The van der Waals surface area contributed by atoms with E-state index >= 15 is 0 Å². The van der Waals surface area contributed by atoms with Gasteiger partial charge in [-0.1, -0.05) is 0 Å². The summed E-state index contributed by atoms with van der Waals surface area (Å²) in [4.78, 5) is 34.6. The van der Waals surface area contributed by atoms with Gasteiger partial charge in [0.15, 0.2) is 24.2 Å². The summed E-state index contributed by atoms with van der Waals surface area (Å²) in [6, 6.07) is 7.00. The maximum absolute atomic E-state index is 13.6. The zero-order chi connectivity index (χ0) is 20.7. The van der Waals surface area contributed by atoms with E-state index in [1.54, 1.807) is 0 Å². The molecule has 2 aromatic rings. The van der Waals surface area contributed by atoms with Crippen molar-refractivity contribution >= 4 is 23.9 Å². The number of nitrogens with one attached hydrogen (secondary N) is 1. The van der Waals surface area contributed by atoms with Crippen molar-refractivity contribution in [1.82, 2.24) is 0 Å². The van der Waals surface area contributed by atoms with E-state index < -0.39 is 36.2 Å². The standard InChI is InChI=1S/C19H17F2NO6/c1-11(19(25)22-15-5-4-13(20)8-14(15)21)28-18(24)10-27-16-6-3-12(9-23)7-17(16)26-2/h3-9,11H,10H2,1-2H3,(H,22,25)/t11-/m0/s1. The fraction of sp³-hybridized carbons (Fsp3) is 0.211. The van der Waals surface area contributed by atoms with Gasteiger partial charge in [-0.15, -0.1) is 0 Å². The van der Waals surface area contributed by atoms with Gasteiger partial charge in [0, 0.05) is 11.6 Å². The molecule has 0 spiro atoms. The van der Waals surface area contributed by atoms with Crippen LogP contribution in [0.25, 0.3) is 0 Å². The predicted octanol–water partition coefficient (Wildman–Crippen LogP) is 2.74. The van der Waals surface area contributed by atoms with Gasteiger partial charge in [0.05, 0.1) is 12.8 Å². The van der Waals surface area contributed by atoms with Crippen LogP contribution in [0.5, 0.6) is 11.5 Å². The van der Waals surface area contributed by atoms with Crippen molar-refractivity contribution in [3.63, 3.8) is 0 Å². The normalized spacial score (nSPS) is 11.3. The van der Waals surface area contributed by atoms with E-state index in [1.165, 1.54) is 32.2 Å². The Morgan fingerprint density at radius 2 is 1.89 bits per heavy atom. The Kier molecular flexibility index (Phi) is 7.02. The molecule has 28 heavy (non-hydrogen) atoms. The molecule has 0 saturated heterocycles. The van der Waals surface area contributed by atoms with Crippen LogP contribution in [0.3, 0.4) is 0 Å². The molecule has 0 bridgehead atoms. The van der Waals surface area contributed by atoms with Crippen LogP contribution in [0.2, 0.25) is 0 Å². The highest BCUT2D eigenvalue weighted by molar-refractivity contribution is 5.95. The van der Waals surface area contributed by atoms with Gasteiger partial charge in [-0.05, 0) is 37.3 Å². The molecule has 0 radical (unpaired) electrons. The van der Waals surface area contributed by atoms with Crippen molar-refractivity contribution in [2.24, 2.45) is 0 Å². The van der Waals surface area contributed by atoms with Crippen LogP contribution in [0.15, 0.2) is 36.4 Å². The quantitative estimate of drug-likeness (QED) is 0.548. The van der Waals surface area contributed by atoms with Crippen LogP contribution < -0.4 is 14.8 Å². The maximum atomic E-state index is 13.6. The molecule has 1 atom stereocenters. The lowest BCUT2D eigenvalue weighted by Crippen LogP contribution is -2.32. The first kappa shape index (κ1) is 20.8. The number of carbonyl (C=O) groups is 3. The topological polar surface area (TPSA) is 90.9 Å². The number of anilines is 1. The molecule has 2 rings (SSSR count). The number of amides is 1. The first-order valence-electron chi connectivity index (χ1n) is 8.05. The summed E-state index contributed by atoms with van der Waals surface area (Å²) in [5.74, 6) is -2.95. The van der Waals surface area contributed by atoms with Gasteiger partial charge >= 0.3 is 5.97 Å². The zero-order valence-corrected chi connectivity index (χ0v) is 15.0. The SMILES string of the molecule is COc1cc(C=O)ccc1OCC(=O)O[C@@H](C)C(=O)Nc1ccc(F)cc1F. The van der Waals surface area contributed by atoms with E-state index in [1.807, 2.05) is 0 Å². The van der Waals surface area contributed by atoms with E-state index in [0.29, 0.717) is 17.9 Å². The van der Waals surface area contributed by atoms with Crippen LogP contribution in [-0.2, 0) is 14.3 Å². The molecule has 0 aromatic heterocycles. The average molecular weight is 393 g/mol. The Balaban J connectivity index is 1.90. The minimum absolute atomic E-state index is 0.204. The van der Waals surface area contributed by atoms with Crippen LogP contribution in [-0.4, -0.2) is 38.0 Å². The molecule has 0 saturated carbocycles. The van der Waals surface area contributed by atoms with E-state index in [-0.39, 0.29) is 17.2 Å². The smallest absolute Gasteiger partial charge is 0.344 e. The second-order valence-electron chi connectivity index (χ2n) is 5.56. The predicted molar refractivity (Wildman–Crippen MR) is 94.4 cm³/mol. The van der Waals surface area contributed by atoms with Gasteiger partial charge in [0.2, 0.25) is 0 Å². The summed E-state index contributed by atoms with van der Waals surface area (Å²) in [6.45, 7) is 0.757. The van der Waals surface area contributed by atoms with Gasteiger partial charge in [0.25, 0.3) is 5.91 Å². The molecule has 0 aliphatic heterocycles. The number of ether oxygens (including phenoxy) is 3. The van der Waals surface area contributed by atoms with Gasteiger partial charge in [-0.2, -0.15) is 0 Å². The molecule has 0 unspecified atom stereocenters. The number of aldehydes is 1. The third kappa shape index (κ3) is 5.50. The van der Waals surface area contributed by atoms with Gasteiger partial charge in [-0.25, -0.2) is 13.6 Å². The molecule has 0 aliphatic carbocycles. The number of carbonyl (C=O) groups excluding carboxylic acids is 3. The number of esters is 1. The zero-order valence-electron chi connectivity index (χ0n) is 15.0. The molecular weight excluding hydrogens is 376 g/mol. The fourth-order valence-electron chi connectivity index (χ4n) is 2.12. The molecule has 1 N–H and O–H groups in total. The Morgan fingerprint density at radius 1 is 1.14 bits per heavy atom. The number of halogens is 2. The third-order valence-corrected chi connectivity index (χ3v) is 3.54. The summed E-state index contributed by atoms with van der Waals surface area (Å²) in [5, 5.41) is 2.20. The lowest BCUT2D eigenvalue weighted by molar-refractivity contribution is -0.155. The summed E-state index contributed by atoms with van der Waals surface area (Å²) in [6.07, 6.45) is -0.620. The lowest BCUT2D eigenvalue weighted by atomic mass is 10.2. The molecule has 0 aliphatic rings. The van der Waals surface area contributed by atoms with Crippen LogP contribution in [0, 0.1) is 11.6 Å². The average Bonchev–Trinajstić information content (AvgIpc) is 2.68. The maximum Gasteiger partial charge on any atom is 0.344 e. The molecule has 0 fully saturated rings. The molecule has 7 nitrogen and oxygen atoms in total. The molecule has 2 aromatic carbocycles. The van der Waals surface area contributed by atoms with Gasteiger partial charge in [0.1, 0.15) is 17.9 Å². The van der Waals surface area contributed by atoms with E-state index in [4.69, 9.17) is 14.2 Å². The highest BCUT2D eigenvalue weighted by atomic mass is 19.1. The van der Waals surface area contributed by atoms with Crippen molar-refractivity contribution in [2.45, 2.75) is 13.0 Å². The number of hydrogen-bond acceptors (Lipinski definition) is 6. The Labute approximate surface area is 159 Å². The largest absolute Gasteiger partial charge is 0.493 e. The van der Waals surface area contributed by atoms with Gasteiger partial charge < -0.3 is 19.5 Å². The molecule has 9 heteroatoms. The second kappa shape index (κ2) is 9.45. The molecular formula is C19H17F2NO6. The number of benzene rings is 2. The Bertz CT molecular complexity index is 887. The van der Waals surface area contributed by atoms with E-state index in [0.717, 1.165) is 12.1 Å². The van der Waals surface area contributed by atoms with Crippen molar-refractivity contribution < 1.29 is 37.4 Å². The lowest BCUT2D eigenvalue weighted by Gasteiger charge is -2.15. The minimum atomic E-state index is -1.25. The van der Waals surface area contributed by atoms with E-state index in [9.17, 15) is 23.2 Å². The number of rotatable bonds is 8. The number of methoxy groups -OCH3 is 1. The van der Waals surface area contributed by atoms with E-state index in [2.05, 4.69) is 5.32 Å². The van der Waals surface area contributed by atoms with Gasteiger partial charge in [-0.3, -0.25) is 9.59 Å². The third-order valence-electron chi connectivity index (χ3n) is 3.54. The summed E-state index contributed by atoms with van der Waals surface area (Å²) < 4.78 is 41.7. The summed E-state index contributed by atoms with van der Waals surface area (Å²) in [5.41, 5.74) is 0.121. The molecule has 1 amide bonds. The minimum Gasteiger partial charge on any atom is -0.493 e. The Morgan fingerprint density at radius 3 is 2.54 bits per heavy atom. The first-order valence-corrected chi connectivity index (χ1v) is 8.05. The van der Waals surface area contributed by atoms with Crippen molar-refractivity contribution in [3.05, 3.63) is 53.6 Å².